The van der Waals surface area contributed by atoms with Crippen LogP contribution in [0.25, 0.3) is 0 Å². The average molecular weight is 214 g/mol. The molecule has 5 nitrogen and oxygen atoms in total. The maximum Gasteiger partial charge on any atom is 0.255 e. The number of carbonyl (C=O) groups is 2. The lowest BCUT2D eigenvalue weighted by Crippen LogP contribution is -2.52. The smallest absolute Gasteiger partial charge is 0.255 e. The third-order valence-electron chi connectivity index (χ3n) is 2.82. The number of nitrogens with zero attached hydrogens (tertiary/aromatic N) is 1. The average Bonchev–Trinajstić information content (AvgIpc) is 2.22. The lowest BCUT2D eigenvalue weighted by atomic mass is 9.99. The van der Waals surface area contributed by atoms with Crippen LogP contribution in [0.5, 0.6) is 0 Å². The molecule has 0 aliphatic carbocycles. The van der Waals surface area contributed by atoms with E-state index in [2.05, 4.69) is 0 Å². The van der Waals surface area contributed by atoms with E-state index in [0.717, 1.165) is 6.42 Å². The van der Waals surface area contributed by atoms with E-state index in [0.29, 0.717) is 12.5 Å². The predicted octanol–water partition coefficient (Wildman–Crippen LogP) is -0.255. The summed E-state index contributed by atoms with van der Waals surface area (Å²) in [5.41, 5.74) is 5.90. The molecule has 5 heteroatoms. The van der Waals surface area contributed by atoms with Gasteiger partial charge in [0, 0.05) is 12.6 Å². The minimum Gasteiger partial charge on any atom is -0.362 e. The van der Waals surface area contributed by atoms with Crippen LogP contribution in [-0.4, -0.2) is 42.5 Å². The van der Waals surface area contributed by atoms with E-state index in [4.69, 9.17) is 10.5 Å². The van der Waals surface area contributed by atoms with Gasteiger partial charge in [0.25, 0.3) is 11.8 Å². The number of ether oxygens (including phenoxy) is 1. The molecule has 1 rings (SSSR count). The van der Waals surface area contributed by atoms with Gasteiger partial charge in [0.2, 0.25) is 0 Å². The first-order chi connectivity index (χ1) is 7.06. The molecule has 86 valence electrons. The Labute approximate surface area is 89.6 Å². The lowest BCUT2D eigenvalue weighted by Gasteiger charge is -2.29. The van der Waals surface area contributed by atoms with E-state index in [9.17, 15) is 9.59 Å². The second-order valence-electron chi connectivity index (χ2n) is 3.94. The topological polar surface area (TPSA) is 72.6 Å². The summed E-state index contributed by atoms with van der Waals surface area (Å²) in [6.07, 6.45) is 0.938. The van der Waals surface area contributed by atoms with Gasteiger partial charge < -0.3 is 10.5 Å². The molecule has 0 bridgehead atoms. The highest BCUT2D eigenvalue weighted by atomic mass is 16.5. The zero-order valence-electron chi connectivity index (χ0n) is 9.23. The van der Waals surface area contributed by atoms with Gasteiger partial charge in [-0.05, 0) is 5.92 Å². The molecule has 1 saturated heterocycles. The number of amides is 2. The van der Waals surface area contributed by atoms with Gasteiger partial charge in [-0.1, -0.05) is 20.3 Å². The number of imide groups is 1. The lowest BCUT2D eigenvalue weighted by molar-refractivity contribution is -0.158. The van der Waals surface area contributed by atoms with Gasteiger partial charge >= 0.3 is 0 Å². The first kappa shape index (κ1) is 12.1. The van der Waals surface area contributed by atoms with Crippen LogP contribution in [0.1, 0.15) is 20.3 Å². The minimum absolute atomic E-state index is 0.0149. The molecule has 2 atom stereocenters. The van der Waals surface area contributed by atoms with Crippen LogP contribution in [0.4, 0.5) is 0 Å². The maximum absolute atomic E-state index is 11.4. The first-order valence-corrected chi connectivity index (χ1v) is 5.22. The highest BCUT2D eigenvalue weighted by Crippen LogP contribution is 2.09. The van der Waals surface area contributed by atoms with Gasteiger partial charge in [0.05, 0.1) is 0 Å². The third kappa shape index (κ3) is 3.00. The molecule has 1 aliphatic heterocycles. The van der Waals surface area contributed by atoms with Crippen molar-refractivity contribution < 1.29 is 14.3 Å². The molecule has 0 saturated carbocycles. The van der Waals surface area contributed by atoms with Crippen molar-refractivity contribution in [2.24, 2.45) is 11.7 Å². The second kappa shape index (κ2) is 5.23. The molecule has 1 fully saturated rings. The van der Waals surface area contributed by atoms with Gasteiger partial charge in [0.15, 0.2) is 0 Å². The quantitative estimate of drug-likeness (QED) is 0.655. The Balaban J connectivity index is 2.55. The first-order valence-electron chi connectivity index (χ1n) is 5.22. The molecule has 0 aromatic rings. The van der Waals surface area contributed by atoms with Gasteiger partial charge in [-0.25, -0.2) is 0 Å². The summed E-state index contributed by atoms with van der Waals surface area (Å²) in [6, 6.07) is -0.152. The second-order valence-corrected chi connectivity index (χ2v) is 3.94. The summed E-state index contributed by atoms with van der Waals surface area (Å²) in [7, 11) is 0. The molecule has 1 aliphatic rings. The van der Waals surface area contributed by atoms with Crippen molar-refractivity contribution in [1.29, 1.82) is 0 Å². The number of nitrogens with two attached hydrogens (primary N) is 1. The minimum atomic E-state index is -0.287. The van der Waals surface area contributed by atoms with Crippen LogP contribution >= 0.6 is 0 Å². The van der Waals surface area contributed by atoms with Gasteiger partial charge in [0.1, 0.15) is 13.2 Å². The number of carbonyl (C=O) groups excluding carboxylic acids is 2. The molecule has 15 heavy (non-hydrogen) atoms. The van der Waals surface area contributed by atoms with Crippen molar-refractivity contribution in [2.45, 2.75) is 26.3 Å². The molecule has 2 amide bonds. The van der Waals surface area contributed by atoms with E-state index >= 15 is 0 Å². The van der Waals surface area contributed by atoms with Gasteiger partial charge in [-0.15, -0.1) is 0 Å². The zero-order valence-corrected chi connectivity index (χ0v) is 9.23. The van der Waals surface area contributed by atoms with E-state index < -0.39 is 0 Å². The number of hydrogen-bond acceptors (Lipinski definition) is 4. The molecule has 0 aromatic carbocycles. The molecular formula is C10H18N2O3. The van der Waals surface area contributed by atoms with Gasteiger partial charge in [-0.2, -0.15) is 0 Å². The summed E-state index contributed by atoms with van der Waals surface area (Å²) >= 11 is 0. The van der Waals surface area contributed by atoms with Crippen molar-refractivity contribution in [1.82, 2.24) is 4.90 Å². The Bertz CT molecular complexity index is 239. The van der Waals surface area contributed by atoms with E-state index in [-0.39, 0.29) is 31.1 Å². The Morgan fingerprint density at radius 1 is 1.40 bits per heavy atom. The maximum atomic E-state index is 11.4. The van der Waals surface area contributed by atoms with Crippen molar-refractivity contribution in [2.75, 3.05) is 19.8 Å². The fourth-order valence-electron chi connectivity index (χ4n) is 1.42. The Morgan fingerprint density at radius 2 is 1.93 bits per heavy atom. The molecular weight excluding hydrogens is 196 g/mol. The number of morpholine rings is 1. The van der Waals surface area contributed by atoms with Crippen molar-refractivity contribution in [3.63, 3.8) is 0 Å². The van der Waals surface area contributed by atoms with Crippen LogP contribution in [0.15, 0.2) is 0 Å². The molecule has 0 radical (unpaired) electrons. The standard InChI is InChI=1S/C10H18N2O3/c1-3-7(2)8(11)4-12-9(13)5-15-6-10(12)14/h7-8H,3-6,11H2,1-2H3. The monoisotopic (exact) mass is 214 g/mol. The van der Waals surface area contributed by atoms with E-state index in [1.54, 1.807) is 0 Å². The predicted molar refractivity (Wildman–Crippen MR) is 55.0 cm³/mol. The summed E-state index contributed by atoms with van der Waals surface area (Å²) in [4.78, 5) is 24.0. The largest absolute Gasteiger partial charge is 0.362 e. The van der Waals surface area contributed by atoms with Crippen LogP contribution in [0, 0.1) is 5.92 Å². The zero-order chi connectivity index (χ0) is 11.4. The summed E-state index contributed by atoms with van der Waals surface area (Å²) < 4.78 is 4.81. The fraction of sp³-hybridized carbons (Fsp3) is 0.800. The summed E-state index contributed by atoms with van der Waals surface area (Å²) in [6.45, 7) is 4.32. The fourth-order valence-corrected chi connectivity index (χ4v) is 1.42. The molecule has 2 N–H and O–H groups in total. The van der Waals surface area contributed by atoms with Crippen LogP contribution in [-0.2, 0) is 14.3 Å². The van der Waals surface area contributed by atoms with Crippen molar-refractivity contribution in [3.05, 3.63) is 0 Å². The van der Waals surface area contributed by atoms with E-state index in [1.165, 1.54) is 4.90 Å². The van der Waals surface area contributed by atoms with Crippen molar-refractivity contribution >= 4 is 11.8 Å². The molecule has 0 spiro atoms. The van der Waals surface area contributed by atoms with Crippen LogP contribution in [0.2, 0.25) is 0 Å². The normalized spacial score (nSPS) is 21.7. The Kier molecular flexibility index (Phi) is 4.23. The highest BCUT2D eigenvalue weighted by Gasteiger charge is 2.28. The Morgan fingerprint density at radius 3 is 2.40 bits per heavy atom. The summed E-state index contributed by atoms with van der Waals surface area (Å²) in [5, 5.41) is 0. The molecule has 1 heterocycles. The van der Waals surface area contributed by atoms with Crippen molar-refractivity contribution in [3.8, 4) is 0 Å². The van der Waals surface area contributed by atoms with Crippen LogP contribution < -0.4 is 5.73 Å². The molecule has 0 aromatic heterocycles. The molecule has 2 unspecified atom stereocenters. The number of hydrogen-bond donors (Lipinski definition) is 1. The number of rotatable bonds is 4. The summed E-state index contributed by atoms with van der Waals surface area (Å²) in [5.74, 6) is -0.275. The van der Waals surface area contributed by atoms with E-state index in [1.807, 2.05) is 13.8 Å². The Hall–Kier alpha value is -0.940. The highest BCUT2D eigenvalue weighted by molar-refractivity contribution is 5.98. The van der Waals surface area contributed by atoms with Crippen LogP contribution in [0.3, 0.4) is 0 Å². The SMILES string of the molecule is CCC(C)C(N)CN1C(=O)COCC1=O. The third-order valence-corrected chi connectivity index (χ3v) is 2.82. The van der Waals surface area contributed by atoms with Gasteiger partial charge in [-0.3, -0.25) is 14.5 Å².